The lowest BCUT2D eigenvalue weighted by Crippen LogP contribution is -2.30. The number of carbonyl (C=O) groups is 2. The molecule has 2 aromatic rings. The van der Waals surface area contributed by atoms with Crippen molar-refractivity contribution in [1.82, 2.24) is 0 Å². The van der Waals surface area contributed by atoms with E-state index in [1.165, 1.54) is 17.1 Å². The van der Waals surface area contributed by atoms with Crippen LogP contribution in [0.3, 0.4) is 0 Å². The van der Waals surface area contributed by atoms with Gasteiger partial charge in [-0.25, -0.2) is 4.90 Å². The van der Waals surface area contributed by atoms with Crippen LogP contribution >= 0.6 is 15.9 Å². The van der Waals surface area contributed by atoms with E-state index in [0.717, 1.165) is 20.8 Å². The Hall–Kier alpha value is -1.94. The number of hydrogen-bond acceptors (Lipinski definition) is 2. The highest BCUT2D eigenvalue weighted by Crippen LogP contribution is 2.37. The van der Waals surface area contributed by atoms with Crippen LogP contribution < -0.4 is 4.90 Å². The Kier molecular flexibility index (Phi) is 3.41. The second-order valence-electron chi connectivity index (χ2n) is 5.37. The van der Waals surface area contributed by atoms with Gasteiger partial charge in [0.2, 0.25) is 0 Å². The summed E-state index contributed by atoms with van der Waals surface area (Å²) in [6, 6.07) is 9.88. The number of hydrogen-bond donors (Lipinski definition) is 0. The van der Waals surface area contributed by atoms with Gasteiger partial charge in [-0.1, -0.05) is 48.0 Å². The fourth-order valence-corrected chi connectivity index (χ4v) is 3.02. The molecular formula is C17H14BrNO2. The minimum atomic E-state index is -0.280. The van der Waals surface area contributed by atoms with Crippen LogP contribution in [0, 0.1) is 0 Å². The third-order valence-electron chi connectivity index (χ3n) is 3.64. The predicted octanol–water partition coefficient (Wildman–Crippen LogP) is 4.16. The van der Waals surface area contributed by atoms with Crippen molar-refractivity contribution in [2.75, 3.05) is 4.90 Å². The standard InChI is InChI=1S/C17H14BrNO2/c1-10(2)13-5-3-11-9-12(18)4-6-14(11)17(13)19-15(20)7-8-16(19)21/h3-10H,1-2H3. The third-order valence-corrected chi connectivity index (χ3v) is 4.13. The van der Waals surface area contributed by atoms with Crippen LogP contribution in [0.5, 0.6) is 0 Å². The maximum atomic E-state index is 12.1. The summed E-state index contributed by atoms with van der Waals surface area (Å²) >= 11 is 3.45. The molecule has 3 nitrogen and oxygen atoms in total. The zero-order valence-corrected chi connectivity index (χ0v) is 13.3. The molecule has 1 heterocycles. The van der Waals surface area contributed by atoms with E-state index in [4.69, 9.17) is 0 Å². The first-order chi connectivity index (χ1) is 9.99. The van der Waals surface area contributed by atoms with Crippen molar-refractivity contribution in [3.8, 4) is 0 Å². The van der Waals surface area contributed by atoms with Crippen LogP contribution in [0.15, 0.2) is 47.0 Å². The Bertz CT molecular complexity index is 775. The molecule has 0 fully saturated rings. The molecule has 1 aliphatic rings. The van der Waals surface area contributed by atoms with Crippen LogP contribution in [-0.2, 0) is 9.59 Å². The largest absolute Gasteiger partial charge is 0.269 e. The van der Waals surface area contributed by atoms with E-state index in [-0.39, 0.29) is 17.7 Å². The molecule has 4 heteroatoms. The van der Waals surface area contributed by atoms with Crippen molar-refractivity contribution in [1.29, 1.82) is 0 Å². The third kappa shape index (κ3) is 2.29. The molecule has 21 heavy (non-hydrogen) atoms. The average Bonchev–Trinajstić information content (AvgIpc) is 2.76. The van der Waals surface area contributed by atoms with Crippen molar-refractivity contribution in [2.45, 2.75) is 19.8 Å². The van der Waals surface area contributed by atoms with Gasteiger partial charge in [0.1, 0.15) is 0 Å². The Morgan fingerprint density at radius 2 is 1.67 bits per heavy atom. The van der Waals surface area contributed by atoms with E-state index in [9.17, 15) is 9.59 Å². The summed E-state index contributed by atoms with van der Waals surface area (Å²) in [4.78, 5) is 25.4. The molecule has 0 spiro atoms. The van der Waals surface area contributed by atoms with Gasteiger partial charge < -0.3 is 0 Å². The average molecular weight is 344 g/mol. The van der Waals surface area contributed by atoms with Gasteiger partial charge in [-0.3, -0.25) is 9.59 Å². The molecule has 106 valence electrons. The number of anilines is 1. The summed E-state index contributed by atoms with van der Waals surface area (Å²) in [6.45, 7) is 4.12. The topological polar surface area (TPSA) is 37.4 Å². The molecule has 0 aromatic heterocycles. The number of rotatable bonds is 2. The van der Waals surface area contributed by atoms with Crippen LogP contribution in [0.2, 0.25) is 0 Å². The van der Waals surface area contributed by atoms with Crippen molar-refractivity contribution in [3.05, 3.63) is 52.5 Å². The minimum absolute atomic E-state index is 0.217. The number of carbonyl (C=O) groups excluding carboxylic acids is 2. The van der Waals surface area contributed by atoms with Crippen LogP contribution in [-0.4, -0.2) is 11.8 Å². The second kappa shape index (κ2) is 5.11. The fraction of sp³-hybridized carbons (Fsp3) is 0.176. The monoisotopic (exact) mass is 343 g/mol. The number of fused-ring (bicyclic) bond motifs is 1. The van der Waals surface area contributed by atoms with Gasteiger partial charge in [-0.15, -0.1) is 0 Å². The van der Waals surface area contributed by atoms with Crippen molar-refractivity contribution < 1.29 is 9.59 Å². The molecule has 0 saturated heterocycles. The molecule has 1 aliphatic heterocycles. The number of amides is 2. The highest BCUT2D eigenvalue weighted by Gasteiger charge is 2.29. The highest BCUT2D eigenvalue weighted by atomic mass is 79.9. The summed E-state index contributed by atoms with van der Waals surface area (Å²) in [5.74, 6) is -0.344. The summed E-state index contributed by atoms with van der Waals surface area (Å²) < 4.78 is 0.968. The van der Waals surface area contributed by atoms with E-state index in [1.54, 1.807) is 0 Å². The van der Waals surface area contributed by atoms with Crippen molar-refractivity contribution in [3.63, 3.8) is 0 Å². The Morgan fingerprint density at radius 1 is 1.00 bits per heavy atom. The van der Waals surface area contributed by atoms with Gasteiger partial charge in [0.25, 0.3) is 11.8 Å². The van der Waals surface area contributed by atoms with Gasteiger partial charge in [0.05, 0.1) is 5.69 Å². The molecule has 0 saturated carbocycles. The zero-order chi connectivity index (χ0) is 15.1. The number of imide groups is 1. The molecular weight excluding hydrogens is 330 g/mol. The molecule has 0 aliphatic carbocycles. The molecule has 0 unspecified atom stereocenters. The molecule has 0 bridgehead atoms. The van der Waals surface area contributed by atoms with E-state index in [2.05, 4.69) is 29.8 Å². The van der Waals surface area contributed by atoms with Gasteiger partial charge in [-0.05, 0) is 29.0 Å². The van der Waals surface area contributed by atoms with E-state index in [0.29, 0.717) is 5.69 Å². The van der Waals surface area contributed by atoms with Gasteiger partial charge in [-0.2, -0.15) is 0 Å². The maximum absolute atomic E-state index is 12.1. The van der Waals surface area contributed by atoms with E-state index in [1.807, 2.05) is 30.3 Å². The van der Waals surface area contributed by atoms with Crippen LogP contribution in [0.25, 0.3) is 10.8 Å². The Labute approximate surface area is 131 Å². The van der Waals surface area contributed by atoms with Crippen LogP contribution in [0.1, 0.15) is 25.3 Å². The highest BCUT2D eigenvalue weighted by molar-refractivity contribution is 9.10. The van der Waals surface area contributed by atoms with Crippen molar-refractivity contribution in [2.24, 2.45) is 0 Å². The number of benzene rings is 2. The van der Waals surface area contributed by atoms with Crippen molar-refractivity contribution >= 4 is 44.2 Å². The smallest absolute Gasteiger partial charge is 0.258 e. The summed E-state index contributed by atoms with van der Waals surface area (Å²) in [5, 5.41) is 1.91. The first kappa shape index (κ1) is 14.0. The molecule has 3 rings (SSSR count). The lowest BCUT2D eigenvalue weighted by Gasteiger charge is -2.22. The number of halogens is 1. The summed E-state index contributed by atoms with van der Waals surface area (Å²) in [7, 11) is 0. The quantitative estimate of drug-likeness (QED) is 0.768. The van der Waals surface area contributed by atoms with E-state index < -0.39 is 0 Å². The summed E-state index contributed by atoms with van der Waals surface area (Å²) in [5.41, 5.74) is 1.70. The lowest BCUT2D eigenvalue weighted by atomic mass is 9.95. The lowest BCUT2D eigenvalue weighted by molar-refractivity contribution is -0.119. The van der Waals surface area contributed by atoms with Gasteiger partial charge in [0.15, 0.2) is 0 Å². The SMILES string of the molecule is CC(C)c1ccc2cc(Br)ccc2c1N1C(=O)C=CC1=O. The van der Waals surface area contributed by atoms with Gasteiger partial charge >= 0.3 is 0 Å². The molecule has 0 N–H and O–H groups in total. The zero-order valence-electron chi connectivity index (χ0n) is 11.8. The predicted molar refractivity (Wildman–Crippen MR) is 87.4 cm³/mol. The fourth-order valence-electron chi connectivity index (χ4n) is 2.64. The first-order valence-electron chi connectivity index (χ1n) is 6.77. The summed E-state index contributed by atoms with van der Waals surface area (Å²) in [6.07, 6.45) is 2.65. The Balaban J connectivity index is 2.34. The number of nitrogens with zero attached hydrogens (tertiary/aromatic N) is 1. The normalized spacial score (nSPS) is 14.8. The molecule has 2 aromatic carbocycles. The molecule has 0 radical (unpaired) electrons. The first-order valence-corrected chi connectivity index (χ1v) is 7.56. The molecule has 2 amide bonds. The minimum Gasteiger partial charge on any atom is -0.269 e. The Morgan fingerprint density at radius 3 is 2.29 bits per heavy atom. The van der Waals surface area contributed by atoms with Gasteiger partial charge in [0, 0.05) is 22.0 Å². The maximum Gasteiger partial charge on any atom is 0.258 e. The van der Waals surface area contributed by atoms with E-state index >= 15 is 0 Å². The molecule has 0 atom stereocenters. The second-order valence-corrected chi connectivity index (χ2v) is 6.28. The van der Waals surface area contributed by atoms with Crippen LogP contribution in [0.4, 0.5) is 5.69 Å².